The van der Waals surface area contributed by atoms with Gasteiger partial charge in [-0.05, 0) is 90.7 Å². The quantitative estimate of drug-likeness (QED) is 0.0255. The second-order valence-corrected chi connectivity index (χ2v) is 21.5. The number of alkyl halides is 3. The zero-order valence-corrected chi connectivity index (χ0v) is 47.7. The second kappa shape index (κ2) is 39.3. The number of thioether (sulfide) groups is 1. The molecule has 3 heterocycles. The van der Waals surface area contributed by atoms with Gasteiger partial charge in [0.05, 0.1) is 44.1 Å². The Bertz CT molecular complexity index is 2110. The van der Waals surface area contributed by atoms with Crippen LogP contribution in [0.15, 0.2) is 18.3 Å². The van der Waals surface area contributed by atoms with Gasteiger partial charge in [-0.25, -0.2) is 14.6 Å². The molecule has 81 heavy (non-hydrogen) atoms. The molecule has 2 fully saturated rings. The zero-order chi connectivity index (χ0) is 59.3. The van der Waals surface area contributed by atoms with Crippen molar-refractivity contribution in [1.29, 1.82) is 0 Å². The lowest BCUT2D eigenvalue weighted by atomic mass is 10.0. The molecule has 2 aliphatic rings. The van der Waals surface area contributed by atoms with E-state index in [9.17, 15) is 56.3 Å². The van der Waals surface area contributed by atoms with Gasteiger partial charge in [0.25, 0.3) is 5.91 Å². The number of fused-ring (bicyclic) bond motifs is 1. The fourth-order valence-electron chi connectivity index (χ4n) is 7.98. The number of pyridine rings is 1. The molecule has 0 aromatic carbocycles. The monoisotopic (exact) mass is 1170 g/mol. The predicted molar refractivity (Wildman–Crippen MR) is 294 cm³/mol. The van der Waals surface area contributed by atoms with Crippen molar-refractivity contribution < 1.29 is 75.3 Å². The highest BCUT2D eigenvalue weighted by Gasteiger charge is 2.42. The van der Waals surface area contributed by atoms with Gasteiger partial charge in [0.1, 0.15) is 17.5 Å². The number of ether oxygens (including phenoxy) is 4. The molecule has 2 saturated heterocycles. The van der Waals surface area contributed by atoms with Crippen molar-refractivity contribution in [2.75, 3.05) is 90.1 Å². The number of carbonyl (C=O) groups is 9. The summed E-state index contributed by atoms with van der Waals surface area (Å²) in [5, 5.41) is 25.5. The second-order valence-electron chi connectivity index (χ2n) is 20.2. The van der Waals surface area contributed by atoms with Gasteiger partial charge >= 0.3 is 24.2 Å². The summed E-state index contributed by atoms with van der Waals surface area (Å²) in [6.07, 6.45) is 3.97. The minimum Gasteiger partial charge on any atom is -0.444 e. The Labute approximate surface area is 475 Å². The van der Waals surface area contributed by atoms with Gasteiger partial charge in [-0.1, -0.05) is 19.3 Å². The van der Waals surface area contributed by atoms with E-state index in [-0.39, 0.29) is 86.1 Å². The van der Waals surface area contributed by atoms with E-state index >= 15 is 0 Å². The number of halogens is 3. The maximum Gasteiger partial charge on any atom is 0.472 e. The Balaban J connectivity index is 1.26. The molecule has 11 N–H and O–H groups in total. The normalized spacial score (nSPS) is 15.9. The molecule has 0 aliphatic carbocycles. The number of alkyl carbamates (subject to hydrolysis) is 1. The average molecular weight is 1180 g/mol. The number of hydrazine groups is 1. The molecule has 458 valence electrons. The third-order valence-electron chi connectivity index (χ3n) is 12.2. The first-order valence-corrected chi connectivity index (χ1v) is 28.9. The highest BCUT2D eigenvalue weighted by Crippen LogP contribution is 2.33. The zero-order valence-electron chi connectivity index (χ0n) is 46.8. The molecule has 0 radical (unpaired) electrons. The van der Waals surface area contributed by atoms with Crippen LogP contribution in [0.1, 0.15) is 134 Å². The number of urea groups is 1. The molecule has 25 nitrogen and oxygen atoms in total. The number of anilines is 1. The topological polar surface area (TPSA) is 336 Å². The Morgan fingerprint density at radius 2 is 1.20 bits per heavy atom. The van der Waals surface area contributed by atoms with Gasteiger partial charge < -0.3 is 66.8 Å². The summed E-state index contributed by atoms with van der Waals surface area (Å²) in [6, 6.07) is 1.69. The molecule has 1 aromatic heterocycles. The molecule has 0 spiro atoms. The highest BCUT2D eigenvalue weighted by molar-refractivity contribution is 8.00. The summed E-state index contributed by atoms with van der Waals surface area (Å²) in [6.45, 7) is 9.20. The van der Waals surface area contributed by atoms with Crippen LogP contribution in [0.4, 0.5) is 28.6 Å². The summed E-state index contributed by atoms with van der Waals surface area (Å²) >= 11 is 1.87. The molecule has 1 unspecified atom stereocenters. The maximum atomic E-state index is 13.3. The highest BCUT2D eigenvalue weighted by atomic mass is 32.2. The molecule has 10 amide bonds. The fourth-order valence-corrected chi connectivity index (χ4v) is 9.53. The van der Waals surface area contributed by atoms with E-state index in [1.165, 1.54) is 17.6 Å². The van der Waals surface area contributed by atoms with Crippen LogP contribution in [0, 0.1) is 0 Å². The Kier molecular flexibility index (Phi) is 33.5. The number of aromatic nitrogens is 1. The lowest BCUT2D eigenvalue weighted by Gasteiger charge is -2.19. The standard InChI is InChI=1S/C52H85F3N12O13S/c1-51(2,3)80-50(76)61-23-11-4-6-15-41(68)56-22-10-5-7-17-44(71)63-37(19-21-43(70)58-26-27-60-46(72)36-18-20-40(62-34-36)66-67-48(74)52(53,54)55)47(73)59-25-13-29-78-31-33-79-32-30-77-28-12-24-57-42(69)16-9-8-14-39-45-38(35-81-39)64-49(75)65-45/h18,20,34,37-39,45H,4-17,19,21-33,35H2,1-3H3,(H,56,68)(H,57,69)(H,58,70)(H,59,73)(H,60,72)(H,61,76)(H,62,66)(H,63,71)(H,67,74)(H2,64,65,75)/t37-,38-,39?,45-/m0/s1. The molecule has 0 bridgehead atoms. The van der Waals surface area contributed by atoms with Crippen molar-refractivity contribution in [3.8, 4) is 0 Å². The Morgan fingerprint density at radius 3 is 1.81 bits per heavy atom. The van der Waals surface area contributed by atoms with E-state index in [0.717, 1.165) is 37.6 Å². The van der Waals surface area contributed by atoms with Crippen molar-refractivity contribution in [2.24, 2.45) is 0 Å². The summed E-state index contributed by atoms with van der Waals surface area (Å²) in [7, 11) is 0. The molecule has 3 rings (SSSR count). The fraction of sp³-hybridized carbons (Fsp3) is 0.731. The van der Waals surface area contributed by atoms with E-state index in [1.807, 2.05) is 17.2 Å². The molecule has 29 heteroatoms. The number of unbranched alkanes of at least 4 members (excludes halogenated alkanes) is 5. The number of nitrogens with one attached hydrogen (secondary N) is 11. The van der Waals surface area contributed by atoms with Crippen molar-refractivity contribution in [3.05, 3.63) is 23.9 Å². The summed E-state index contributed by atoms with van der Waals surface area (Å²) in [4.78, 5) is 114. The average Bonchev–Trinajstić information content (AvgIpc) is 3.98. The SMILES string of the molecule is CC(C)(C)OC(=O)NCCCCCC(=O)NCCCCCC(=O)N[C@@H](CCC(=O)NCCNC(=O)c1ccc(NNC(=O)C(F)(F)F)nc1)C(=O)NCCCOCCOCCOCCCNC(=O)CCCCC1SC[C@@H]2NC(=O)N[C@H]12. The third kappa shape index (κ3) is 32.7. The van der Waals surface area contributed by atoms with Crippen molar-refractivity contribution in [1.82, 2.24) is 58.3 Å². The van der Waals surface area contributed by atoms with Gasteiger partial charge in [0, 0.05) is 95.4 Å². The van der Waals surface area contributed by atoms with E-state index in [0.29, 0.717) is 122 Å². The number of hydrogen-bond donors (Lipinski definition) is 11. The molecule has 0 saturated carbocycles. The number of amides is 10. The van der Waals surface area contributed by atoms with E-state index in [1.54, 1.807) is 20.8 Å². The van der Waals surface area contributed by atoms with Crippen LogP contribution in [0.3, 0.4) is 0 Å². The number of rotatable bonds is 42. The smallest absolute Gasteiger partial charge is 0.444 e. The number of nitrogens with zero attached hydrogens (tertiary/aromatic N) is 1. The van der Waals surface area contributed by atoms with Crippen LogP contribution in [0.5, 0.6) is 0 Å². The predicted octanol–water partition coefficient (Wildman–Crippen LogP) is 2.75. The van der Waals surface area contributed by atoms with E-state index < -0.39 is 47.5 Å². The third-order valence-corrected chi connectivity index (χ3v) is 13.7. The van der Waals surface area contributed by atoms with Crippen molar-refractivity contribution in [2.45, 2.75) is 159 Å². The van der Waals surface area contributed by atoms with Gasteiger partial charge in [0.2, 0.25) is 29.5 Å². The van der Waals surface area contributed by atoms with Crippen LogP contribution in [0.25, 0.3) is 0 Å². The Morgan fingerprint density at radius 1 is 0.642 bits per heavy atom. The molecular formula is C52H85F3N12O13S. The van der Waals surface area contributed by atoms with Gasteiger partial charge in [-0.3, -0.25) is 44.4 Å². The summed E-state index contributed by atoms with van der Waals surface area (Å²) in [5.41, 5.74) is 2.91. The van der Waals surface area contributed by atoms with Crippen molar-refractivity contribution >= 4 is 71.1 Å². The van der Waals surface area contributed by atoms with Gasteiger partial charge in [-0.15, -0.1) is 0 Å². The van der Waals surface area contributed by atoms with Crippen LogP contribution >= 0.6 is 11.8 Å². The van der Waals surface area contributed by atoms with Crippen LogP contribution in [-0.2, 0) is 47.7 Å². The molecule has 1 aromatic rings. The summed E-state index contributed by atoms with van der Waals surface area (Å²) < 4.78 is 59.2. The number of carbonyl (C=O) groups excluding carboxylic acids is 9. The maximum absolute atomic E-state index is 13.3. The van der Waals surface area contributed by atoms with E-state index in [2.05, 4.69) is 52.8 Å². The molecular weight excluding hydrogens is 1090 g/mol. The minimum atomic E-state index is -5.10. The van der Waals surface area contributed by atoms with Crippen LogP contribution < -0.4 is 58.7 Å². The molecule has 2 aliphatic heterocycles. The van der Waals surface area contributed by atoms with E-state index in [4.69, 9.17) is 18.9 Å². The first kappa shape index (κ1) is 69.1. The van der Waals surface area contributed by atoms with Crippen LogP contribution in [-0.4, -0.2) is 178 Å². The lowest BCUT2D eigenvalue weighted by Crippen LogP contribution is -2.47. The van der Waals surface area contributed by atoms with Crippen molar-refractivity contribution in [3.63, 3.8) is 0 Å². The Hall–Kier alpha value is -6.20. The first-order chi connectivity index (χ1) is 38.7. The summed E-state index contributed by atoms with van der Waals surface area (Å²) in [5.74, 6) is -3.45. The van der Waals surface area contributed by atoms with Gasteiger partial charge in [0.15, 0.2) is 0 Å². The molecule has 4 atom stereocenters. The largest absolute Gasteiger partial charge is 0.472 e. The number of hydrogen-bond acceptors (Lipinski definition) is 16. The van der Waals surface area contributed by atoms with Crippen LogP contribution in [0.2, 0.25) is 0 Å². The minimum absolute atomic E-state index is 0.00707. The first-order valence-electron chi connectivity index (χ1n) is 27.8. The van der Waals surface area contributed by atoms with Gasteiger partial charge in [-0.2, -0.15) is 24.9 Å². The lowest BCUT2D eigenvalue weighted by molar-refractivity contribution is -0.173.